The standard InChI is InChI=1S/C18H19ClN2O3/c1-11-8-9-13(10-16(11)20-12(2)22)21-17(18(23)24-3)14-6-4-5-7-15(14)19/h4-10,17,21H,1-3H3,(H,20,22). The van der Waals surface area contributed by atoms with Crippen LogP contribution in [0.25, 0.3) is 0 Å². The molecule has 1 atom stereocenters. The SMILES string of the molecule is COC(=O)C(Nc1ccc(C)c(NC(C)=O)c1)c1ccccc1Cl. The number of nitrogens with one attached hydrogen (secondary N) is 2. The van der Waals surface area contributed by atoms with Crippen LogP contribution in [0.15, 0.2) is 42.5 Å². The van der Waals surface area contributed by atoms with Crippen LogP contribution in [0.3, 0.4) is 0 Å². The van der Waals surface area contributed by atoms with Crippen LogP contribution < -0.4 is 10.6 Å². The third-order valence-electron chi connectivity index (χ3n) is 3.51. The van der Waals surface area contributed by atoms with E-state index in [0.717, 1.165) is 5.56 Å². The maximum atomic E-state index is 12.2. The van der Waals surface area contributed by atoms with Crippen LogP contribution in [0.1, 0.15) is 24.1 Å². The molecule has 0 fully saturated rings. The first-order valence-electron chi connectivity index (χ1n) is 7.39. The average molecular weight is 347 g/mol. The van der Waals surface area contributed by atoms with Gasteiger partial charge in [-0.05, 0) is 30.7 Å². The summed E-state index contributed by atoms with van der Waals surface area (Å²) in [6.45, 7) is 3.33. The quantitative estimate of drug-likeness (QED) is 0.805. The van der Waals surface area contributed by atoms with E-state index in [9.17, 15) is 9.59 Å². The van der Waals surface area contributed by atoms with E-state index in [-0.39, 0.29) is 5.91 Å². The zero-order chi connectivity index (χ0) is 17.7. The molecule has 2 aromatic carbocycles. The van der Waals surface area contributed by atoms with Crippen molar-refractivity contribution in [2.45, 2.75) is 19.9 Å². The monoisotopic (exact) mass is 346 g/mol. The van der Waals surface area contributed by atoms with Crippen molar-refractivity contribution in [1.82, 2.24) is 0 Å². The second-order valence-corrected chi connectivity index (χ2v) is 5.74. The van der Waals surface area contributed by atoms with E-state index in [4.69, 9.17) is 16.3 Å². The number of amides is 1. The normalized spacial score (nSPS) is 11.5. The fourth-order valence-corrected chi connectivity index (χ4v) is 2.54. The van der Waals surface area contributed by atoms with Gasteiger partial charge in [-0.2, -0.15) is 0 Å². The van der Waals surface area contributed by atoms with Crippen LogP contribution >= 0.6 is 11.6 Å². The van der Waals surface area contributed by atoms with Gasteiger partial charge < -0.3 is 15.4 Å². The number of ether oxygens (including phenoxy) is 1. The third-order valence-corrected chi connectivity index (χ3v) is 3.86. The van der Waals surface area contributed by atoms with Gasteiger partial charge in [0.1, 0.15) is 0 Å². The van der Waals surface area contributed by atoms with Gasteiger partial charge in [0.25, 0.3) is 0 Å². The molecule has 0 radical (unpaired) electrons. The lowest BCUT2D eigenvalue weighted by atomic mass is 10.1. The molecule has 0 bridgehead atoms. The van der Waals surface area contributed by atoms with Gasteiger partial charge >= 0.3 is 5.97 Å². The van der Waals surface area contributed by atoms with Crippen molar-refractivity contribution in [3.8, 4) is 0 Å². The van der Waals surface area contributed by atoms with Crippen LogP contribution in [0, 0.1) is 6.92 Å². The minimum absolute atomic E-state index is 0.161. The topological polar surface area (TPSA) is 67.4 Å². The minimum Gasteiger partial charge on any atom is -0.467 e. The van der Waals surface area contributed by atoms with E-state index < -0.39 is 12.0 Å². The highest BCUT2D eigenvalue weighted by atomic mass is 35.5. The van der Waals surface area contributed by atoms with Crippen molar-refractivity contribution in [2.24, 2.45) is 0 Å². The molecule has 0 spiro atoms. The Bertz CT molecular complexity index is 762. The molecule has 0 saturated carbocycles. The first-order valence-corrected chi connectivity index (χ1v) is 7.77. The van der Waals surface area contributed by atoms with E-state index in [0.29, 0.717) is 22.0 Å². The Hall–Kier alpha value is -2.53. The summed E-state index contributed by atoms with van der Waals surface area (Å²) in [5, 5.41) is 6.34. The summed E-state index contributed by atoms with van der Waals surface area (Å²) >= 11 is 6.21. The van der Waals surface area contributed by atoms with E-state index in [1.807, 2.05) is 19.1 Å². The molecule has 0 aliphatic heterocycles. The van der Waals surface area contributed by atoms with Crippen molar-refractivity contribution in [3.05, 3.63) is 58.6 Å². The number of anilines is 2. The number of halogens is 1. The molecule has 0 aromatic heterocycles. The number of esters is 1. The number of hydrogen-bond acceptors (Lipinski definition) is 4. The predicted octanol–water partition coefficient (Wildman–Crippen LogP) is 3.93. The zero-order valence-corrected chi connectivity index (χ0v) is 14.5. The molecule has 0 saturated heterocycles. The Morgan fingerprint density at radius 3 is 2.50 bits per heavy atom. The Kier molecular flexibility index (Phi) is 5.82. The molecule has 1 amide bonds. The van der Waals surface area contributed by atoms with E-state index in [1.54, 1.807) is 30.3 Å². The Labute approximate surface area is 146 Å². The Morgan fingerprint density at radius 1 is 1.17 bits per heavy atom. The lowest BCUT2D eigenvalue weighted by molar-refractivity contribution is -0.141. The average Bonchev–Trinajstić information content (AvgIpc) is 2.55. The van der Waals surface area contributed by atoms with Crippen LogP contribution in [-0.4, -0.2) is 19.0 Å². The minimum atomic E-state index is -0.753. The largest absolute Gasteiger partial charge is 0.467 e. The van der Waals surface area contributed by atoms with Crippen molar-refractivity contribution < 1.29 is 14.3 Å². The molecule has 1 unspecified atom stereocenters. The second-order valence-electron chi connectivity index (χ2n) is 5.33. The number of hydrogen-bond donors (Lipinski definition) is 2. The number of benzene rings is 2. The molecule has 2 rings (SSSR count). The van der Waals surface area contributed by atoms with Crippen LogP contribution in [0.4, 0.5) is 11.4 Å². The fraction of sp³-hybridized carbons (Fsp3) is 0.222. The molecule has 126 valence electrons. The van der Waals surface area contributed by atoms with Crippen LogP contribution in [0.5, 0.6) is 0 Å². The summed E-state index contributed by atoms with van der Waals surface area (Å²) in [7, 11) is 1.33. The molecule has 24 heavy (non-hydrogen) atoms. The molecule has 2 N–H and O–H groups in total. The number of carbonyl (C=O) groups is 2. The lowest BCUT2D eigenvalue weighted by Crippen LogP contribution is -2.22. The first kappa shape index (κ1) is 17.8. The summed E-state index contributed by atoms with van der Waals surface area (Å²) < 4.78 is 4.88. The van der Waals surface area contributed by atoms with Crippen molar-refractivity contribution in [1.29, 1.82) is 0 Å². The molecule has 6 heteroatoms. The lowest BCUT2D eigenvalue weighted by Gasteiger charge is -2.20. The van der Waals surface area contributed by atoms with Gasteiger partial charge in [0, 0.05) is 28.9 Å². The fourth-order valence-electron chi connectivity index (χ4n) is 2.29. The number of carbonyl (C=O) groups excluding carboxylic acids is 2. The third kappa shape index (κ3) is 4.26. The summed E-state index contributed by atoms with van der Waals surface area (Å²) in [6.07, 6.45) is 0. The summed E-state index contributed by atoms with van der Waals surface area (Å²) in [5.74, 6) is -0.615. The molecule has 0 aliphatic carbocycles. The molecule has 5 nitrogen and oxygen atoms in total. The van der Waals surface area contributed by atoms with Crippen molar-refractivity contribution in [2.75, 3.05) is 17.7 Å². The van der Waals surface area contributed by atoms with Crippen molar-refractivity contribution in [3.63, 3.8) is 0 Å². The van der Waals surface area contributed by atoms with Crippen LogP contribution in [0.2, 0.25) is 5.02 Å². The maximum absolute atomic E-state index is 12.2. The number of aryl methyl sites for hydroxylation is 1. The van der Waals surface area contributed by atoms with E-state index >= 15 is 0 Å². The molecule has 0 heterocycles. The number of methoxy groups -OCH3 is 1. The summed E-state index contributed by atoms with van der Waals surface area (Å²) in [4.78, 5) is 23.5. The smallest absolute Gasteiger partial charge is 0.333 e. The highest BCUT2D eigenvalue weighted by Crippen LogP contribution is 2.29. The van der Waals surface area contributed by atoms with E-state index in [2.05, 4.69) is 10.6 Å². The van der Waals surface area contributed by atoms with Crippen LogP contribution in [-0.2, 0) is 14.3 Å². The Morgan fingerprint density at radius 2 is 1.88 bits per heavy atom. The zero-order valence-electron chi connectivity index (χ0n) is 13.7. The van der Waals surface area contributed by atoms with Gasteiger partial charge in [0.05, 0.1) is 7.11 Å². The van der Waals surface area contributed by atoms with Crippen molar-refractivity contribution >= 4 is 34.9 Å². The highest BCUT2D eigenvalue weighted by Gasteiger charge is 2.23. The first-order chi connectivity index (χ1) is 11.4. The Balaban J connectivity index is 2.35. The van der Waals surface area contributed by atoms with Gasteiger partial charge in [0.2, 0.25) is 5.91 Å². The van der Waals surface area contributed by atoms with Gasteiger partial charge in [0.15, 0.2) is 6.04 Å². The molecule has 2 aromatic rings. The molecule has 0 aliphatic rings. The molecular weight excluding hydrogens is 328 g/mol. The van der Waals surface area contributed by atoms with E-state index in [1.165, 1.54) is 14.0 Å². The highest BCUT2D eigenvalue weighted by molar-refractivity contribution is 6.31. The predicted molar refractivity (Wildman–Crippen MR) is 95.3 cm³/mol. The summed E-state index contributed by atoms with van der Waals surface area (Å²) in [5.41, 5.74) is 2.88. The van der Waals surface area contributed by atoms with Gasteiger partial charge in [-0.25, -0.2) is 4.79 Å². The van der Waals surface area contributed by atoms with Gasteiger partial charge in [-0.1, -0.05) is 35.9 Å². The summed E-state index contributed by atoms with van der Waals surface area (Å²) in [6, 6.07) is 11.8. The molecular formula is C18H19ClN2O3. The number of rotatable bonds is 5. The van der Waals surface area contributed by atoms with Gasteiger partial charge in [-0.15, -0.1) is 0 Å². The second kappa shape index (κ2) is 7.84. The maximum Gasteiger partial charge on any atom is 0.333 e. The van der Waals surface area contributed by atoms with Gasteiger partial charge in [-0.3, -0.25) is 4.79 Å².